The van der Waals surface area contributed by atoms with Crippen molar-refractivity contribution in [1.29, 1.82) is 5.41 Å². The molecule has 0 spiro atoms. The first kappa shape index (κ1) is 52.5. The second-order valence-corrected chi connectivity index (χ2v) is 22.6. The van der Waals surface area contributed by atoms with Gasteiger partial charge >= 0.3 is 0 Å². The summed E-state index contributed by atoms with van der Waals surface area (Å²) in [5.41, 5.74) is 21.9. The van der Waals surface area contributed by atoms with Crippen LogP contribution in [0.5, 0.6) is 5.75 Å². The fraction of sp³-hybridized carbons (Fsp3) is 0.474. The van der Waals surface area contributed by atoms with Gasteiger partial charge in [0.05, 0.1) is 39.6 Å². The number of rotatable bonds is 16. The summed E-state index contributed by atoms with van der Waals surface area (Å²) in [6, 6.07) is 20.7. The lowest BCUT2D eigenvalue weighted by Gasteiger charge is -2.38. The number of benzene rings is 2. The van der Waals surface area contributed by atoms with E-state index in [0.29, 0.717) is 34.6 Å². The molecule has 4 atom stereocenters. The van der Waals surface area contributed by atoms with Crippen LogP contribution < -0.4 is 37.0 Å². The summed E-state index contributed by atoms with van der Waals surface area (Å²) in [4.78, 5) is 47.5. The van der Waals surface area contributed by atoms with E-state index < -0.39 is 18.1 Å². The molecule has 5 aromatic rings. The number of phenolic OH excluding ortho intramolecular Hbond substituents is 1. The van der Waals surface area contributed by atoms with Gasteiger partial charge in [0, 0.05) is 86.9 Å². The van der Waals surface area contributed by atoms with Crippen molar-refractivity contribution in [2.24, 2.45) is 17.6 Å². The summed E-state index contributed by atoms with van der Waals surface area (Å²) in [6.45, 7) is 14.6. The molecule has 76 heavy (non-hydrogen) atoms. The number of piperidine rings is 3. The van der Waals surface area contributed by atoms with Crippen molar-refractivity contribution in [3.05, 3.63) is 124 Å². The Bertz CT molecular complexity index is 2910. The number of hydrogen-bond acceptors (Lipinski definition) is 16. The zero-order valence-electron chi connectivity index (χ0n) is 44.0. The molecule has 2 aromatic carbocycles. The van der Waals surface area contributed by atoms with E-state index in [1.54, 1.807) is 23.5 Å². The fourth-order valence-electron chi connectivity index (χ4n) is 11.8. The molecule has 0 saturated carbocycles. The minimum absolute atomic E-state index is 0.0729. The van der Waals surface area contributed by atoms with Gasteiger partial charge in [0.2, 0.25) is 11.8 Å². The number of likely N-dealkylation sites (tertiary alicyclic amines) is 2. The molecule has 5 aliphatic rings. The number of aromatic hydroxyl groups is 1. The number of nitrogens with zero attached hydrogens (tertiary/aromatic N) is 7. The average Bonchev–Trinajstić information content (AvgIpc) is 4.20. The number of thiazole rings is 1. The topological polar surface area (TPSA) is 237 Å². The molecule has 9 N–H and O–H groups in total. The molecule has 0 bridgehead atoms. The normalized spacial score (nSPS) is 21.0. The maximum Gasteiger partial charge on any atom is 0.243 e. The van der Waals surface area contributed by atoms with Crippen molar-refractivity contribution < 1.29 is 24.3 Å². The van der Waals surface area contributed by atoms with Crippen molar-refractivity contribution in [1.82, 2.24) is 46.4 Å². The lowest BCUT2D eigenvalue weighted by molar-refractivity contribution is -0.141. The molecule has 4 saturated heterocycles. The molecular formula is C57H73N13O5S. The highest BCUT2D eigenvalue weighted by atomic mass is 32.1. The lowest BCUT2D eigenvalue weighted by Crippen LogP contribution is -2.48. The lowest BCUT2D eigenvalue weighted by atomic mass is 9.90. The highest BCUT2D eigenvalue weighted by Crippen LogP contribution is 2.36. The summed E-state index contributed by atoms with van der Waals surface area (Å²) < 4.78 is 5.96. The largest absolute Gasteiger partial charge is 0.507 e. The number of amidine groups is 1. The molecule has 5 aliphatic heterocycles. The highest BCUT2D eigenvalue weighted by Gasteiger charge is 2.44. The van der Waals surface area contributed by atoms with E-state index >= 15 is 0 Å². The standard InChI is InChI=1S/C57H73N13O5S/c1-34(2)52(57(74)70-32-43(71)28-48(70)56(73)62-35(3)38-9-11-40(12-10-38)54-36(4)61-33-76-54)50-30-51(66-75-50)69-23-14-37(15-24-69)31-67-21-16-39(17-22-67)45-27-42(13-20-60-45)68-25-18-41(19-26-68)63-47-29-46(64-65-53(47)55(58)59)44-7-5-6-8-49(44)72/h5-13,20,27,29-30,33-35,37,39,41,43,48,52,63-65,71-72H,14-19,21-26,28,31-32H2,1-4H3,(H3,58,59)(H,62,73)/t35-,43+,48-,52?/m0/s1. The first-order valence-electron chi connectivity index (χ1n) is 27.1. The quantitative estimate of drug-likeness (QED) is 0.0378. The van der Waals surface area contributed by atoms with Gasteiger partial charge in [-0.15, -0.1) is 11.3 Å². The summed E-state index contributed by atoms with van der Waals surface area (Å²) in [7, 11) is 0. The number of amides is 2. The van der Waals surface area contributed by atoms with E-state index in [2.05, 4.69) is 58.5 Å². The fourth-order valence-corrected chi connectivity index (χ4v) is 12.6. The Labute approximate surface area is 449 Å². The number of nitrogens with two attached hydrogens (primary N) is 1. The number of pyridine rings is 1. The number of allylic oxidation sites excluding steroid dienone is 1. The predicted octanol–water partition coefficient (Wildman–Crippen LogP) is 6.74. The van der Waals surface area contributed by atoms with Gasteiger partial charge in [-0.2, -0.15) is 0 Å². The Morgan fingerprint density at radius 1 is 0.921 bits per heavy atom. The van der Waals surface area contributed by atoms with E-state index in [9.17, 15) is 19.8 Å². The van der Waals surface area contributed by atoms with Crippen molar-refractivity contribution in [3.8, 4) is 16.2 Å². The molecule has 0 radical (unpaired) electrons. The minimum Gasteiger partial charge on any atom is -0.507 e. The summed E-state index contributed by atoms with van der Waals surface area (Å²) in [5, 5.41) is 40.7. The van der Waals surface area contributed by atoms with Crippen LogP contribution in [-0.2, 0) is 9.59 Å². The van der Waals surface area contributed by atoms with Gasteiger partial charge in [-0.1, -0.05) is 55.4 Å². The maximum atomic E-state index is 14.4. The Morgan fingerprint density at radius 3 is 2.36 bits per heavy atom. The molecule has 4 fully saturated rings. The van der Waals surface area contributed by atoms with Gasteiger partial charge in [0.15, 0.2) is 11.6 Å². The minimum atomic E-state index is -0.804. The summed E-state index contributed by atoms with van der Waals surface area (Å²) in [5.74, 6) is 0.997. The van der Waals surface area contributed by atoms with Crippen LogP contribution in [0.2, 0.25) is 0 Å². The number of aromatic nitrogens is 3. The van der Waals surface area contributed by atoms with E-state index in [0.717, 1.165) is 118 Å². The Balaban J connectivity index is 0.675. The van der Waals surface area contributed by atoms with Crippen molar-refractivity contribution in [2.75, 3.05) is 62.2 Å². The van der Waals surface area contributed by atoms with Gasteiger partial charge < -0.3 is 50.7 Å². The number of hydrogen-bond donors (Lipinski definition) is 8. The molecule has 19 heteroatoms. The number of hydrazine groups is 1. The third kappa shape index (κ3) is 11.7. The number of para-hydroxylation sites is 1. The highest BCUT2D eigenvalue weighted by molar-refractivity contribution is 7.13. The molecule has 2 amide bonds. The molecule has 10 rings (SSSR count). The Kier molecular flexibility index (Phi) is 16.0. The van der Waals surface area contributed by atoms with Crippen LogP contribution in [0.4, 0.5) is 11.5 Å². The predicted molar refractivity (Wildman–Crippen MR) is 296 cm³/mol. The van der Waals surface area contributed by atoms with Crippen LogP contribution in [0.1, 0.15) is 112 Å². The zero-order chi connectivity index (χ0) is 53.0. The van der Waals surface area contributed by atoms with E-state index in [1.807, 2.05) is 87.9 Å². The SMILES string of the molecule is Cc1ncsc1-c1ccc([C@H](C)NC(=O)[C@@H]2C[C@@H](O)CN2C(=O)C(c2cc(N3CCC(CN4CCC(c5cc(N6CCC(NC7=C(C(=N)N)NNC(c8ccccc8O)=C7)CC6)ccn5)CC4)CC3)no2)C(C)C)cc1. The number of aryl methyl sites for hydroxylation is 1. The third-order valence-corrected chi connectivity index (χ3v) is 17.2. The van der Waals surface area contributed by atoms with Crippen molar-refractivity contribution in [2.45, 2.75) is 109 Å². The first-order chi connectivity index (χ1) is 36.8. The third-order valence-electron chi connectivity index (χ3n) is 16.2. The summed E-state index contributed by atoms with van der Waals surface area (Å²) >= 11 is 1.60. The molecule has 1 unspecified atom stereocenters. The molecule has 3 aromatic heterocycles. The van der Waals surface area contributed by atoms with Crippen LogP contribution in [0.25, 0.3) is 16.1 Å². The number of anilines is 2. The molecule has 0 aliphatic carbocycles. The van der Waals surface area contributed by atoms with E-state index in [-0.39, 0.29) is 54.4 Å². The number of nitrogens with one attached hydrogen (secondary N) is 5. The number of β-amino-alcohol motifs (C(OH)–C–C–N with tert-alkyl or cyclic N) is 1. The van der Waals surface area contributed by atoms with Gasteiger partial charge in [-0.05, 0) is 119 Å². The number of carbonyl (C=O) groups excluding carboxylic acids is 2. The Hall–Kier alpha value is -6.96. The van der Waals surface area contributed by atoms with Crippen LogP contribution in [0.3, 0.4) is 0 Å². The molecule has 18 nitrogen and oxygen atoms in total. The maximum absolute atomic E-state index is 14.4. The van der Waals surface area contributed by atoms with Gasteiger partial charge in [0.25, 0.3) is 0 Å². The van der Waals surface area contributed by atoms with Crippen molar-refractivity contribution in [3.63, 3.8) is 0 Å². The molecule has 402 valence electrons. The second-order valence-electron chi connectivity index (χ2n) is 21.7. The van der Waals surface area contributed by atoms with Crippen molar-refractivity contribution >= 4 is 46.2 Å². The van der Waals surface area contributed by atoms with E-state index in [4.69, 9.17) is 20.7 Å². The second kappa shape index (κ2) is 23.1. The van der Waals surface area contributed by atoms with Gasteiger partial charge in [-0.3, -0.25) is 30.8 Å². The molecular weight excluding hydrogens is 979 g/mol. The van der Waals surface area contributed by atoms with Crippen LogP contribution in [-0.4, -0.2) is 123 Å². The monoisotopic (exact) mass is 1050 g/mol. The Morgan fingerprint density at radius 2 is 1.66 bits per heavy atom. The zero-order valence-corrected chi connectivity index (χ0v) is 44.9. The van der Waals surface area contributed by atoms with E-state index in [1.165, 1.54) is 16.3 Å². The van der Waals surface area contributed by atoms with Crippen LogP contribution in [0.15, 0.2) is 100 Å². The summed E-state index contributed by atoms with van der Waals surface area (Å²) in [6.07, 6.45) is 9.31. The first-order valence-corrected chi connectivity index (χ1v) is 28.0. The number of aliphatic hydroxyl groups excluding tert-OH is 1. The van der Waals surface area contributed by atoms with Crippen LogP contribution >= 0.6 is 11.3 Å². The molecule has 8 heterocycles. The number of aliphatic hydroxyl groups is 1. The van der Waals surface area contributed by atoms with Gasteiger partial charge in [0.1, 0.15) is 29.2 Å². The average molecular weight is 1050 g/mol. The smallest absolute Gasteiger partial charge is 0.243 e. The van der Waals surface area contributed by atoms with Crippen LogP contribution in [0, 0.1) is 24.2 Å². The van der Waals surface area contributed by atoms with Gasteiger partial charge in [-0.25, -0.2) is 4.98 Å². The number of carbonyl (C=O) groups is 2. The number of phenols is 1.